The van der Waals surface area contributed by atoms with E-state index in [0.717, 1.165) is 54.0 Å². The predicted octanol–water partition coefficient (Wildman–Crippen LogP) is 1.98. The van der Waals surface area contributed by atoms with Crippen molar-refractivity contribution in [3.63, 3.8) is 0 Å². The number of aromatic amines is 1. The fourth-order valence-corrected chi connectivity index (χ4v) is 2.80. The summed E-state index contributed by atoms with van der Waals surface area (Å²) >= 11 is 0. The zero-order chi connectivity index (χ0) is 14.9. The van der Waals surface area contributed by atoms with Gasteiger partial charge >= 0.3 is 0 Å². The molecule has 4 rings (SSSR count). The molecule has 0 radical (unpaired) electrons. The highest BCUT2D eigenvalue weighted by Crippen LogP contribution is 2.23. The van der Waals surface area contributed by atoms with Crippen LogP contribution in [0.4, 0.5) is 5.95 Å². The van der Waals surface area contributed by atoms with Crippen LogP contribution in [-0.4, -0.2) is 44.2 Å². The lowest BCUT2D eigenvalue weighted by Gasteiger charge is -2.29. The van der Waals surface area contributed by atoms with Gasteiger partial charge < -0.3 is 15.0 Å². The van der Waals surface area contributed by atoms with E-state index in [9.17, 15) is 5.11 Å². The number of pyridine rings is 1. The lowest BCUT2D eigenvalue weighted by Crippen LogP contribution is -2.36. The van der Waals surface area contributed by atoms with E-state index >= 15 is 0 Å². The molecule has 22 heavy (non-hydrogen) atoms. The number of hydrogen-bond donors (Lipinski definition) is 2. The Morgan fingerprint density at radius 2 is 1.77 bits per heavy atom. The first-order valence-corrected chi connectivity index (χ1v) is 7.48. The summed E-state index contributed by atoms with van der Waals surface area (Å²) in [5.41, 5.74) is 2.84. The summed E-state index contributed by atoms with van der Waals surface area (Å²) in [5, 5.41) is 10.6. The monoisotopic (exact) mass is 295 g/mol. The molecule has 0 saturated carbocycles. The molecule has 0 aromatic carbocycles. The van der Waals surface area contributed by atoms with Crippen molar-refractivity contribution in [3.8, 4) is 11.1 Å². The number of aliphatic hydroxyl groups excluding tert-OH is 1. The molecule has 3 aromatic rings. The zero-order valence-corrected chi connectivity index (χ0v) is 12.1. The molecule has 3 aromatic heterocycles. The van der Waals surface area contributed by atoms with Crippen LogP contribution in [0.5, 0.6) is 0 Å². The van der Waals surface area contributed by atoms with Crippen molar-refractivity contribution in [2.75, 3.05) is 18.0 Å². The van der Waals surface area contributed by atoms with Gasteiger partial charge in [0, 0.05) is 54.4 Å². The Morgan fingerprint density at radius 3 is 2.55 bits per heavy atom. The number of H-pyrrole nitrogens is 1. The molecular formula is C16H17N5O. The molecule has 2 N–H and O–H groups in total. The molecule has 112 valence electrons. The first kappa shape index (κ1) is 13.2. The minimum Gasteiger partial charge on any atom is -0.393 e. The minimum atomic E-state index is -0.185. The third-order valence-electron chi connectivity index (χ3n) is 4.12. The first-order valence-electron chi connectivity index (χ1n) is 7.48. The van der Waals surface area contributed by atoms with Crippen LogP contribution in [0.1, 0.15) is 12.8 Å². The standard InChI is InChI=1S/C16H17N5O/c22-14-2-5-21(6-3-14)16-19-9-13(10-20-16)12-7-11-1-4-17-15(11)18-8-12/h1,4,7-10,14,22H,2-3,5-6H2,(H,17,18). The number of hydrogen-bond acceptors (Lipinski definition) is 5. The van der Waals surface area contributed by atoms with Gasteiger partial charge in [0.25, 0.3) is 0 Å². The average molecular weight is 295 g/mol. The molecule has 0 atom stereocenters. The summed E-state index contributed by atoms with van der Waals surface area (Å²) in [7, 11) is 0. The van der Waals surface area contributed by atoms with Gasteiger partial charge in [0.15, 0.2) is 0 Å². The third kappa shape index (κ3) is 2.42. The van der Waals surface area contributed by atoms with Gasteiger partial charge in [-0.05, 0) is 25.0 Å². The Balaban J connectivity index is 1.58. The maximum Gasteiger partial charge on any atom is 0.225 e. The lowest BCUT2D eigenvalue weighted by molar-refractivity contribution is 0.145. The number of aliphatic hydroxyl groups is 1. The van der Waals surface area contributed by atoms with Crippen LogP contribution in [0, 0.1) is 0 Å². The zero-order valence-electron chi connectivity index (χ0n) is 12.1. The molecule has 0 unspecified atom stereocenters. The van der Waals surface area contributed by atoms with Crippen LogP contribution in [0.15, 0.2) is 36.9 Å². The number of nitrogens with zero attached hydrogens (tertiary/aromatic N) is 4. The van der Waals surface area contributed by atoms with Gasteiger partial charge in [0.2, 0.25) is 5.95 Å². The van der Waals surface area contributed by atoms with Crippen molar-refractivity contribution in [2.24, 2.45) is 0 Å². The van der Waals surface area contributed by atoms with Crippen molar-refractivity contribution in [2.45, 2.75) is 18.9 Å². The summed E-state index contributed by atoms with van der Waals surface area (Å²) < 4.78 is 0. The van der Waals surface area contributed by atoms with E-state index in [2.05, 4.69) is 30.9 Å². The van der Waals surface area contributed by atoms with Gasteiger partial charge in [-0.1, -0.05) is 0 Å². The van der Waals surface area contributed by atoms with Gasteiger partial charge in [0.05, 0.1) is 6.10 Å². The molecule has 6 heteroatoms. The number of aromatic nitrogens is 4. The van der Waals surface area contributed by atoms with E-state index in [0.29, 0.717) is 0 Å². The second kappa shape index (κ2) is 5.38. The second-order valence-corrected chi connectivity index (χ2v) is 5.63. The SMILES string of the molecule is OC1CCN(c2ncc(-c3cnc4[nH]ccc4c3)cn2)CC1. The van der Waals surface area contributed by atoms with Crippen LogP contribution in [0.25, 0.3) is 22.2 Å². The largest absolute Gasteiger partial charge is 0.393 e. The summed E-state index contributed by atoms with van der Waals surface area (Å²) in [6.07, 6.45) is 8.75. The molecular weight excluding hydrogens is 278 g/mol. The average Bonchev–Trinajstić information content (AvgIpc) is 3.03. The molecule has 1 aliphatic rings. The van der Waals surface area contributed by atoms with E-state index in [-0.39, 0.29) is 6.10 Å². The van der Waals surface area contributed by atoms with Crippen molar-refractivity contribution in [3.05, 3.63) is 36.9 Å². The van der Waals surface area contributed by atoms with Crippen molar-refractivity contribution in [1.82, 2.24) is 19.9 Å². The summed E-state index contributed by atoms with van der Waals surface area (Å²) in [6.45, 7) is 1.61. The fraction of sp³-hybridized carbons (Fsp3) is 0.312. The van der Waals surface area contributed by atoms with Crippen LogP contribution >= 0.6 is 0 Å². The maximum absolute atomic E-state index is 9.56. The maximum atomic E-state index is 9.56. The number of piperidine rings is 1. The predicted molar refractivity (Wildman–Crippen MR) is 84.6 cm³/mol. The van der Waals surface area contributed by atoms with E-state index in [1.165, 1.54) is 0 Å². The molecule has 4 heterocycles. The highest BCUT2D eigenvalue weighted by atomic mass is 16.3. The Hall–Kier alpha value is -2.47. The number of fused-ring (bicyclic) bond motifs is 1. The molecule has 1 fully saturated rings. The van der Waals surface area contributed by atoms with Gasteiger partial charge in [-0.3, -0.25) is 0 Å². The molecule has 0 bridgehead atoms. The second-order valence-electron chi connectivity index (χ2n) is 5.63. The topological polar surface area (TPSA) is 77.9 Å². The van der Waals surface area contributed by atoms with Crippen LogP contribution in [-0.2, 0) is 0 Å². The molecule has 0 spiro atoms. The summed E-state index contributed by atoms with van der Waals surface area (Å²) in [5.74, 6) is 0.728. The third-order valence-corrected chi connectivity index (χ3v) is 4.12. The lowest BCUT2D eigenvalue weighted by atomic mass is 10.1. The first-order chi connectivity index (χ1) is 10.8. The Bertz CT molecular complexity index is 775. The van der Waals surface area contributed by atoms with Gasteiger partial charge in [-0.2, -0.15) is 0 Å². The number of nitrogens with one attached hydrogen (secondary N) is 1. The van der Waals surface area contributed by atoms with Gasteiger partial charge in [0.1, 0.15) is 5.65 Å². The van der Waals surface area contributed by atoms with Crippen molar-refractivity contribution in [1.29, 1.82) is 0 Å². The van der Waals surface area contributed by atoms with Gasteiger partial charge in [-0.15, -0.1) is 0 Å². The van der Waals surface area contributed by atoms with E-state index in [1.807, 2.05) is 30.9 Å². The molecule has 6 nitrogen and oxygen atoms in total. The minimum absolute atomic E-state index is 0.185. The van der Waals surface area contributed by atoms with Crippen LogP contribution in [0.3, 0.4) is 0 Å². The Kier molecular flexibility index (Phi) is 3.23. The Morgan fingerprint density at radius 1 is 1.05 bits per heavy atom. The highest BCUT2D eigenvalue weighted by molar-refractivity contribution is 5.80. The molecule has 0 amide bonds. The summed E-state index contributed by atoms with van der Waals surface area (Å²) in [6, 6.07) is 4.08. The van der Waals surface area contributed by atoms with Crippen molar-refractivity contribution < 1.29 is 5.11 Å². The summed E-state index contributed by atoms with van der Waals surface area (Å²) in [4.78, 5) is 18.5. The van der Waals surface area contributed by atoms with Crippen molar-refractivity contribution >= 4 is 17.0 Å². The number of anilines is 1. The quantitative estimate of drug-likeness (QED) is 0.756. The van der Waals surface area contributed by atoms with Gasteiger partial charge in [-0.25, -0.2) is 15.0 Å². The Labute approximate surface area is 127 Å². The molecule has 1 saturated heterocycles. The highest BCUT2D eigenvalue weighted by Gasteiger charge is 2.18. The fourth-order valence-electron chi connectivity index (χ4n) is 2.80. The van der Waals surface area contributed by atoms with E-state index in [4.69, 9.17) is 0 Å². The molecule has 0 aliphatic carbocycles. The van der Waals surface area contributed by atoms with E-state index < -0.39 is 0 Å². The normalized spacial score (nSPS) is 16.3. The smallest absolute Gasteiger partial charge is 0.225 e. The molecule has 1 aliphatic heterocycles. The van der Waals surface area contributed by atoms with Crippen LogP contribution in [0.2, 0.25) is 0 Å². The van der Waals surface area contributed by atoms with Crippen LogP contribution < -0.4 is 4.90 Å². The van der Waals surface area contributed by atoms with E-state index in [1.54, 1.807) is 0 Å². The number of rotatable bonds is 2.